The molecule has 5 rings (SSSR count). The Hall–Kier alpha value is -3.67. The number of benzene rings is 2. The van der Waals surface area contributed by atoms with Gasteiger partial charge in [0.15, 0.2) is 0 Å². The minimum Gasteiger partial charge on any atom is -0.506 e. The van der Waals surface area contributed by atoms with Crippen molar-refractivity contribution in [2.75, 3.05) is 11.9 Å². The predicted molar refractivity (Wildman–Crippen MR) is 107 cm³/mol. The number of aromatic nitrogens is 1. The molecule has 3 aromatic rings. The molecule has 1 aromatic heterocycles. The van der Waals surface area contributed by atoms with Gasteiger partial charge in [-0.15, -0.1) is 0 Å². The van der Waals surface area contributed by atoms with E-state index in [0.29, 0.717) is 18.5 Å². The van der Waals surface area contributed by atoms with Crippen LogP contribution in [0.4, 0.5) is 5.69 Å². The number of pyridine rings is 1. The van der Waals surface area contributed by atoms with E-state index in [-0.39, 0.29) is 17.6 Å². The Labute approximate surface area is 167 Å². The number of para-hydroxylation sites is 1. The van der Waals surface area contributed by atoms with Crippen molar-refractivity contribution in [2.45, 2.75) is 17.9 Å². The number of amides is 2. The quantitative estimate of drug-likeness (QED) is 0.709. The summed E-state index contributed by atoms with van der Waals surface area (Å²) in [5.74, 6) is -0.404. The third-order valence-corrected chi connectivity index (χ3v) is 5.93. The average molecular weight is 385 g/mol. The molecule has 144 valence electrons. The van der Waals surface area contributed by atoms with Crippen molar-refractivity contribution in [2.24, 2.45) is 0 Å². The SMILES string of the molecule is O=C(c1cncc(O)c1)N1CCC2(C(=O)Nc3ccccc32)C1c1ccccc1. The van der Waals surface area contributed by atoms with Crippen molar-refractivity contribution in [3.05, 3.63) is 89.7 Å². The molecule has 0 radical (unpaired) electrons. The number of hydrogen-bond donors (Lipinski definition) is 2. The Morgan fingerprint density at radius 3 is 2.66 bits per heavy atom. The van der Waals surface area contributed by atoms with Crippen molar-refractivity contribution < 1.29 is 14.7 Å². The molecule has 2 N–H and O–H groups in total. The van der Waals surface area contributed by atoms with E-state index in [1.807, 2.05) is 54.6 Å². The van der Waals surface area contributed by atoms with Crippen LogP contribution in [0.15, 0.2) is 73.1 Å². The fourth-order valence-corrected chi connectivity index (χ4v) is 4.71. The minimum absolute atomic E-state index is 0.0648. The maximum atomic E-state index is 13.4. The molecule has 0 aliphatic carbocycles. The van der Waals surface area contributed by atoms with E-state index in [0.717, 1.165) is 16.8 Å². The monoisotopic (exact) mass is 385 g/mol. The molecule has 0 bridgehead atoms. The largest absolute Gasteiger partial charge is 0.506 e. The summed E-state index contributed by atoms with van der Waals surface area (Å²) in [6.45, 7) is 0.426. The predicted octanol–water partition coefficient (Wildman–Crippen LogP) is 3.26. The van der Waals surface area contributed by atoms with E-state index in [2.05, 4.69) is 10.3 Å². The number of carbonyl (C=O) groups is 2. The van der Waals surface area contributed by atoms with Crippen molar-refractivity contribution in [3.63, 3.8) is 0 Å². The summed E-state index contributed by atoms with van der Waals surface area (Å²) in [5, 5.41) is 12.8. The van der Waals surface area contributed by atoms with E-state index in [1.54, 1.807) is 4.90 Å². The molecule has 2 amide bonds. The molecule has 3 heterocycles. The van der Waals surface area contributed by atoms with Crippen LogP contribution in [0.25, 0.3) is 0 Å². The third kappa shape index (κ3) is 2.52. The summed E-state index contributed by atoms with van der Waals surface area (Å²) < 4.78 is 0. The highest BCUT2D eigenvalue weighted by atomic mass is 16.3. The van der Waals surface area contributed by atoms with Crippen LogP contribution in [-0.4, -0.2) is 33.3 Å². The second-order valence-corrected chi connectivity index (χ2v) is 7.46. The normalized spacial score (nSPS) is 22.6. The molecule has 1 saturated heterocycles. The second-order valence-electron chi connectivity index (χ2n) is 7.46. The Morgan fingerprint density at radius 1 is 1.10 bits per heavy atom. The third-order valence-electron chi connectivity index (χ3n) is 5.93. The van der Waals surface area contributed by atoms with Crippen LogP contribution >= 0.6 is 0 Å². The Kier molecular flexibility index (Phi) is 3.87. The van der Waals surface area contributed by atoms with Crippen LogP contribution in [-0.2, 0) is 10.2 Å². The molecule has 1 spiro atoms. The van der Waals surface area contributed by atoms with Gasteiger partial charge in [-0.25, -0.2) is 0 Å². The first kappa shape index (κ1) is 17.4. The summed E-state index contributed by atoms with van der Waals surface area (Å²) in [6.07, 6.45) is 3.25. The van der Waals surface area contributed by atoms with Gasteiger partial charge in [0, 0.05) is 18.4 Å². The Balaban J connectivity index is 1.67. The molecule has 2 aromatic carbocycles. The Morgan fingerprint density at radius 2 is 1.86 bits per heavy atom. The maximum Gasteiger partial charge on any atom is 0.256 e. The van der Waals surface area contributed by atoms with E-state index >= 15 is 0 Å². The average Bonchev–Trinajstić information content (AvgIpc) is 3.28. The summed E-state index contributed by atoms with van der Waals surface area (Å²) >= 11 is 0. The van der Waals surface area contributed by atoms with E-state index < -0.39 is 11.5 Å². The summed E-state index contributed by atoms with van der Waals surface area (Å²) in [4.78, 5) is 32.3. The minimum atomic E-state index is -0.849. The van der Waals surface area contributed by atoms with E-state index in [4.69, 9.17) is 0 Å². The van der Waals surface area contributed by atoms with Gasteiger partial charge in [-0.3, -0.25) is 14.6 Å². The number of fused-ring (bicyclic) bond motifs is 2. The van der Waals surface area contributed by atoms with Gasteiger partial charge in [0.05, 0.1) is 17.8 Å². The smallest absolute Gasteiger partial charge is 0.256 e. The van der Waals surface area contributed by atoms with Crippen LogP contribution in [0.1, 0.15) is 33.9 Å². The zero-order valence-corrected chi connectivity index (χ0v) is 15.6. The highest BCUT2D eigenvalue weighted by Gasteiger charge is 2.59. The highest BCUT2D eigenvalue weighted by Crippen LogP contribution is 2.54. The number of nitrogens with zero attached hydrogens (tertiary/aromatic N) is 2. The lowest BCUT2D eigenvalue weighted by atomic mass is 9.72. The van der Waals surface area contributed by atoms with Gasteiger partial charge >= 0.3 is 0 Å². The zero-order chi connectivity index (χ0) is 20.0. The van der Waals surface area contributed by atoms with Crippen LogP contribution in [0.3, 0.4) is 0 Å². The van der Waals surface area contributed by atoms with Crippen molar-refractivity contribution >= 4 is 17.5 Å². The van der Waals surface area contributed by atoms with Crippen molar-refractivity contribution in [1.82, 2.24) is 9.88 Å². The summed E-state index contributed by atoms with van der Waals surface area (Å²) in [5.41, 5.74) is 2.07. The molecule has 2 unspecified atom stereocenters. The van der Waals surface area contributed by atoms with Crippen LogP contribution < -0.4 is 5.32 Å². The first-order valence-electron chi connectivity index (χ1n) is 9.52. The number of anilines is 1. The van der Waals surface area contributed by atoms with Gasteiger partial charge in [-0.05, 0) is 29.7 Å². The second kappa shape index (κ2) is 6.44. The lowest BCUT2D eigenvalue weighted by Crippen LogP contribution is -2.42. The van der Waals surface area contributed by atoms with Gasteiger partial charge in [0.1, 0.15) is 11.2 Å². The lowest BCUT2D eigenvalue weighted by molar-refractivity contribution is -0.121. The molecule has 2 atom stereocenters. The van der Waals surface area contributed by atoms with Crippen LogP contribution in [0.5, 0.6) is 5.75 Å². The first-order chi connectivity index (χ1) is 14.1. The summed E-state index contributed by atoms with van der Waals surface area (Å²) in [6, 6.07) is 18.3. The number of likely N-dealkylation sites (tertiary alicyclic amines) is 1. The zero-order valence-electron chi connectivity index (χ0n) is 15.6. The number of carbonyl (C=O) groups excluding carboxylic acids is 2. The van der Waals surface area contributed by atoms with Gasteiger partial charge < -0.3 is 15.3 Å². The molecule has 6 nitrogen and oxygen atoms in total. The molecular formula is C23H19N3O3. The summed E-state index contributed by atoms with van der Waals surface area (Å²) in [7, 11) is 0. The van der Waals surface area contributed by atoms with Crippen molar-refractivity contribution in [3.8, 4) is 5.75 Å². The molecule has 1 fully saturated rings. The number of rotatable bonds is 2. The van der Waals surface area contributed by atoms with E-state index in [1.165, 1.54) is 18.5 Å². The fourth-order valence-electron chi connectivity index (χ4n) is 4.71. The molecule has 6 heteroatoms. The number of hydrogen-bond acceptors (Lipinski definition) is 4. The van der Waals surface area contributed by atoms with Gasteiger partial charge in [-0.1, -0.05) is 48.5 Å². The molecule has 0 saturated carbocycles. The first-order valence-corrected chi connectivity index (χ1v) is 9.52. The molecule has 2 aliphatic rings. The van der Waals surface area contributed by atoms with Crippen LogP contribution in [0.2, 0.25) is 0 Å². The molecular weight excluding hydrogens is 366 g/mol. The van der Waals surface area contributed by atoms with Gasteiger partial charge in [0.2, 0.25) is 5.91 Å². The van der Waals surface area contributed by atoms with Crippen LogP contribution in [0, 0.1) is 0 Å². The number of nitrogens with one attached hydrogen (secondary N) is 1. The molecule has 2 aliphatic heterocycles. The van der Waals surface area contributed by atoms with Gasteiger partial charge in [0.25, 0.3) is 5.91 Å². The molecule has 29 heavy (non-hydrogen) atoms. The lowest BCUT2D eigenvalue weighted by Gasteiger charge is -2.34. The Bertz CT molecular complexity index is 1120. The standard InChI is InChI=1S/C23H19N3O3/c27-17-12-16(13-24-14-17)21(28)26-11-10-23(20(26)15-6-2-1-3-7-15)18-8-4-5-9-19(18)25-22(23)29/h1-9,12-14,20,27H,10-11H2,(H,25,29). The van der Waals surface area contributed by atoms with E-state index in [9.17, 15) is 14.7 Å². The fraction of sp³-hybridized carbons (Fsp3) is 0.174. The number of aromatic hydroxyl groups is 1. The maximum absolute atomic E-state index is 13.4. The highest BCUT2D eigenvalue weighted by molar-refractivity contribution is 6.08. The topological polar surface area (TPSA) is 82.5 Å². The van der Waals surface area contributed by atoms with Crippen molar-refractivity contribution in [1.29, 1.82) is 0 Å². The van der Waals surface area contributed by atoms with Gasteiger partial charge in [-0.2, -0.15) is 0 Å².